The molecule has 0 aromatic carbocycles. The molecule has 11 heavy (non-hydrogen) atoms. The van der Waals surface area contributed by atoms with Gasteiger partial charge < -0.3 is 4.43 Å². The second-order valence-electron chi connectivity index (χ2n) is 2.55. The highest BCUT2D eigenvalue weighted by atomic mass is 28.2. The lowest BCUT2D eigenvalue weighted by Gasteiger charge is -2.02. The molecule has 0 bridgehead atoms. The van der Waals surface area contributed by atoms with Crippen molar-refractivity contribution < 1.29 is 9.22 Å². The standard InChI is InChI=1S/C8H16O2Si/c1-3-4-5-6-7(2)8(9)10-11/h2-6H2,1,11H3. The van der Waals surface area contributed by atoms with Gasteiger partial charge in [0.25, 0.3) is 0 Å². The molecule has 0 aromatic rings. The molecule has 2 nitrogen and oxygen atoms in total. The highest BCUT2D eigenvalue weighted by molar-refractivity contribution is 6.09. The Morgan fingerprint density at radius 2 is 2.18 bits per heavy atom. The zero-order valence-electron chi connectivity index (χ0n) is 7.35. The van der Waals surface area contributed by atoms with Crippen molar-refractivity contribution in [1.82, 2.24) is 0 Å². The Bertz CT molecular complexity index is 143. The second kappa shape index (κ2) is 6.16. The number of carbonyl (C=O) groups excluding carboxylic acids is 1. The Balaban J connectivity index is 3.44. The summed E-state index contributed by atoms with van der Waals surface area (Å²) in [5.41, 5.74) is 0.619. The Hall–Kier alpha value is -0.573. The summed E-state index contributed by atoms with van der Waals surface area (Å²) < 4.78 is 4.64. The van der Waals surface area contributed by atoms with Gasteiger partial charge in [-0.25, -0.2) is 4.79 Å². The third kappa shape index (κ3) is 4.78. The van der Waals surface area contributed by atoms with E-state index in [0.717, 1.165) is 19.3 Å². The number of rotatable bonds is 5. The Morgan fingerprint density at radius 3 is 2.64 bits per heavy atom. The molecular weight excluding hydrogens is 156 g/mol. The molecule has 0 aliphatic rings. The van der Waals surface area contributed by atoms with Gasteiger partial charge in [0, 0.05) is 5.57 Å². The maximum Gasteiger partial charge on any atom is 0.319 e. The first-order chi connectivity index (χ1) is 5.22. The molecule has 0 atom stereocenters. The van der Waals surface area contributed by atoms with Crippen LogP contribution < -0.4 is 0 Å². The first kappa shape index (κ1) is 10.4. The lowest BCUT2D eigenvalue weighted by atomic mass is 10.1. The fourth-order valence-electron chi connectivity index (χ4n) is 0.835. The van der Waals surface area contributed by atoms with Gasteiger partial charge in [0.1, 0.15) is 0 Å². The average Bonchev–Trinajstić information content (AvgIpc) is 2.03. The summed E-state index contributed by atoms with van der Waals surface area (Å²) in [6.07, 6.45) is 4.16. The van der Waals surface area contributed by atoms with Crippen LogP contribution in [0.1, 0.15) is 32.6 Å². The molecule has 64 valence electrons. The van der Waals surface area contributed by atoms with Crippen LogP contribution in [0, 0.1) is 0 Å². The van der Waals surface area contributed by atoms with E-state index in [0.29, 0.717) is 16.1 Å². The summed E-state index contributed by atoms with van der Waals surface area (Å²) in [4.78, 5) is 10.8. The zero-order valence-corrected chi connectivity index (χ0v) is 9.35. The molecule has 0 heterocycles. The van der Waals surface area contributed by atoms with Gasteiger partial charge in [-0.15, -0.1) is 0 Å². The summed E-state index contributed by atoms with van der Waals surface area (Å²) in [5.74, 6) is -0.215. The van der Waals surface area contributed by atoms with Crippen molar-refractivity contribution in [2.24, 2.45) is 0 Å². The molecule has 0 saturated carbocycles. The topological polar surface area (TPSA) is 26.3 Å². The van der Waals surface area contributed by atoms with Crippen LogP contribution in [0.25, 0.3) is 0 Å². The molecule has 0 saturated heterocycles. The Labute approximate surface area is 71.2 Å². The van der Waals surface area contributed by atoms with Gasteiger partial charge in [-0.3, -0.25) is 0 Å². The monoisotopic (exact) mass is 172 g/mol. The highest BCUT2D eigenvalue weighted by Gasteiger charge is 2.03. The summed E-state index contributed by atoms with van der Waals surface area (Å²) in [7, 11) is 0.470. The largest absolute Gasteiger partial charge is 0.526 e. The maximum atomic E-state index is 10.8. The molecule has 0 rings (SSSR count). The first-order valence-electron chi connectivity index (χ1n) is 3.98. The van der Waals surface area contributed by atoms with E-state index in [1.54, 1.807) is 0 Å². The van der Waals surface area contributed by atoms with Gasteiger partial charge in [0.15, 0.2) is 0 Å². The maximum absolute atomic E-state index is 10.8. The number of unbranched alkanes of at least 4 members (excludes halogenated alkanes) is 2. The SMILES string of the molecule is C=C(CCCCC)C(=O)O[SiH3]. The van der Waals surface area contributed by atoms with Crippen LogP contribution in [0.15, 0.2) is 12.2 Å². The predicted octanol–water partition coefficient (Wildman–Crippen LogP) is 0.946. The number of hydrogen-bond acceptors (Lipinski definition) is 2. The van der Waals surface area contributed by atoms with Crippen molar-refractivity contribution in [1.29, 1.82) is 0 Å². The molecule has 0 aliphatic heterocycles. The van der Waals surface area contributed by atoms with Gasteiger partial charge in [0.05, 0.1) is 0 Å². The van der Waals surface area contributed by atoms with E-state index in [-0.39, 0.29) is 5.97 Å². The third-order valence-corrected chi connectivity index (χ3v) is 1.93. The minimum Gasteiger partial charge on any atom is -0.526 e. The summed E-state index contributed by atoms with van der Waals surface area (Å²) in [6, 6.07) is 0. The van der Waals surface area contributed by atoms with Crippen molar-refractivity contribution in [3.63, 3.8) is 0 Å². The van der Waals surface area contributed by atoms with E-state index < -0.39 is 0 Å². The molecule has 0 N–H and O–H groups in total. The van der Waals surface area contributed by atoms with Crippen LogP contribution in [0.4, 0.5) is 0 Å². The first-order valence-corrected chi connectivity index (χ1v) is 4.80. The lowest BCUT2D eigenvalue weighted by molar-refractivity contribution is -0.129. The minimum absolute atomic E-state index is 0.215. The fraction of sp³-hybridized carbons (Fsp3) is 0.625. The predicted molar refractivity (Wildman–Crippen MR) is 49.3 cm³/mol. The minimum atomic E-state index is -0.215. The molecular formula is C8H16O2Si. The van der Waals surface area contributed by atoms with E-state index in [1.165, 1.54) is 6.42 Å². The van der Waals surface area contributed by atoms with Crippen molar-refractivity contribution in [3.8, 4) is 0 Å². The molecule has 0 radical (unpaired) electrons. The molecule has 0 fully saturated rings. The third-order valence-electron chi connectivity index (χ3n) is 1.56. The van der Waals surface area contributed by atoms with Crippen LogP contribution in [0.2, 0.25) is 0 Å². The summed E-state index contributed by atoms with van der Waals surface area (Å²) in [5, 5.41) is 0. The normalized spacial score (nSPS) is 9.55. The second-order valence-corrected chi connectivity index (χ2v) is 2.96. The quantitative estimate of drug-likeness (QED) is 0.350. The molecule has 0 aliphatic carbocycles. The van der Waals surface area contributed by atoms with Gasteiger partial charge in [-0.05, 0) is 12.8 Å². The molecule has 0 amide bonds. The highest BCUT2D eigenvalue weighted by Crippen LogP contribution is 2.07. The number of carbonyl (C=O) groups is 1. The number of hydrogen-bond donors (Lipinski definition) is 0. The molecule has 0 unspecified atom stereocenters. The Kier molecular flexibility index (Phi) is 5.84. The van der Waals surface area contributed by atoms with E-state index in [1.807, 2.05) is 0 Å². The van der Waals surface area contributed by atoms with E-state index in [9.17, 15) is 4.79 Å². The Morgan fingerprint density at radius 1 is 1.55 bits per heavy atom. The summed E-state index contributed by atoms with van der Waals surface area (Å²) >= 11 is 0. The van der Waals surface area contributed by atoms with Crippen molar-refractivity contribution in [2.75, 3.05) is 0 Å². The molecule has 0 spiro atoms. The van der Waals surface area contributed by atoms with Gasteiger partial charge >= 0.3 is 5.97 Å². The van der Waals surface area contributed by atoms with Crippen LogP contribution in [-0.2, 0) is 9.22 Å². The van der Waals surface area contributed by atoms with Crippen molar-refractivity contribution in [2.45, 2.75) is 32.6 Å². The molecule has 0 aromatic heterocycles. The lowest BCUT2D eigenvalue weighted by Crippen LogP contribution is -2.04. The smallest absolute Gasteiger partial charge is 0.319 e. The van der Waals surface area contributed by atoms with Gasteiger partial charge in [0.2, 0.25) is 10.5 Å². The van der Waals surface area contributed by atoms with Crippen molar-refractivity contribution in [3.05, 3.63) is 12.2 Å². The van der Waals surface area contributed by atoms with Crippen LogP contribution in [-0.4, -0.2) is 16.5 Å². The van der Waals surface area contributed by atoms with Crippen LogP contribution in [0.3, 0.4) is 0 Å². The van der Waals surface area contributed by atoms with E-state index >= 15 is 0 Å². The van der Waals surface area contributed by atoms with Crippen LogP contribution >= 0.6 is 0 Å². The van der Waals surface area contributed by atoms with Crippen LogP contribution in [0.5, 0.6) is 0 Å². The molecule has 3 heteroatoms. The fourth-order valence-corrected chi connectivity index (χ4v) is 1.12. The van der Waals surface area contributed by atoms with Gasteiger partial charge in [-0.1, -0.05) is 26.3 Å². The summed E-state index contributed by atoms with van der Waals surface area (Å²) in [6.45, 7) is 5.78. The zero-order chi connectivity index (χ0) is 8.69. The average molecular weight is 172 g/mol. The van der Waals surface area contributed by atoms with Crippen molar-refractivity contribution >= 4 is 16.5 Å². The van der Waals surface area contributed by atoms with E-state index in [4.69, 9.17) is 0 Å². The van der Waals surface area contributed by atoms with E-state index in [2.05, 4.69) is 17.9 Å². The van der Waals surface area contributed by atoms with Gasteiger partial charge in [-0.2, -0.15) is 0 Å².